The SMILES string of the molecule is Cc1ccc(N2C(=O)[C@@H]3[C@@H](c4ccc(Br)cc4)OC4(C(=O)c5ccccc5C4=O)[C@H]3C2=O)cc1. The van der Waals surface area contributed by atoms with Crippen molar-refractivity contribution in [3.63, 3.8) is 0 Å². The molecule has 2 aliphatic heterocycles. The number of carbonyl (C=O) groups is 4. The molecule has 6 rings (SSSR count). The predicted molar refractivity (Wildman–Crippen MR) is 126 cm³/mol. The van der Waals surface area contributed by atoms with Gasteiger partial charge in [-0.2, -0.15) is 0 Å². The molecule has 1 spiro atoms. The minimum Gasteiger partial charge on any atom is -0.349 e. The van der Waals surface area contributed by atoms with Crippen molar-refractivity contribution in [3.05, 3.63) is 99.5 Å². The number of ketones is 2. The number of fused-ring (bicyclic) bond motifs is 3. The van der Waals surface area contributed by atoms with Gasteiger partial charge in [0.05, 0.1) is 23.6 Å². The summed E-state index contributed by atoms with van der Waals surface area (Å²) < 4.78 is 7.10. The molecule has 2 saturated heterocycles. The molecule has 2 heterocycles. The first-order valence-corrected chi connectivity index (χ1v) is 11.7. The molecule has 0 bridgehead atoms. The normalized spacial score (nSPS) is 24.8. The molecule has 3 aromatic rings. The summed E-state index contributed by atoms with van der Waals surface area (Å²) in [5.41, 5.74) is 0.396. The quantitative estimate of drug-likeness (QED) is 0.372. The highest BCUT2D eigenvalue weighted by atomic mass is 79.9. The van der Waals surface area contributed by atoms with Gasteiger partial charge in [0.2, 0.25) is 29.0 Å². The minimum absolute atomic E-state index is 0.219. The fourth-order valence-electron chi connectivity index (χ4n) is 5.42. The Labute approximate surface area is 203 Å². The van der Waals surface area contributed by atoms with Crippen LogP contribution >= 0.6 is 15.9 Å². The third-order valence-corrected chi connectivity index (χ3v) is 7.54. The molecule has 2 amide bonds. The van der Waals surface area contributed by atoms with Crippen LogP contribution in [0.3, 0.4) is 0 Å². The molecule has 0 aromatic heterocycles. The Balaban J connectivity index is 1.54. The lowest BCUT2D eigenvalue weighted by Gasteiger charge is -2.27. The third-order valence-electron chi connectivity index (χ3n) is 7.01. The number of hydrogen-bond donors (Lipinski definition) is 0. The van der Waals surface area contributed by atoms with Gasteiger partial charge in [-0.1, -0.05) is 70.0 Å². The molecule has 1 aliphatic carbocycles. The fraction of sp³-hybridized carbons (Fsp3) is 0.185. The molecule has 3 atom stereocenters. The average Bonchev–Trinajstić information content (AvgIpc) is 3.40. The highest BCUT2D eigenvalue weighted by Crippen LogP contribution is 2.57. The fourth-order valence-corrected chi connectivity index (χ4v) is 5.68. The first-order valence-electron chi connectivity index (χ1n) is 10.9. The van der Waals surface area contributed by atoms with Crippen LogP contribution in [-0.4, -0.2) is 29.0 Å². The van der Waals surface area contributed by atoms with Crippen LogP contribution in [0.5, 0.6) is 0 Å². The van der Waals surface area contributed by atoms with Gasteiger partial charge in [-0.3, -0.25) is 19.2 Å². The number of imide groups is 1. The Kier molecular flexibility index (Phi) is 4.53. The predicted octanol–water partition coefficient (Wildman–Crippen LogP) is 4.45. The van der Waals surface area contributed by atoms with Crippen molar-refractivity contribution in [1.29, 1.82) is 0 Å². The van der Waals surface area contributed by atoms with E-state index in [4.69, 9.17) is 4.74 Å². The molecule has 0 saturated carbocycles. The lowest BCUT2D eigenvalue weighted by molar-refractivity contribution is -0.127. The number of benzene rings is 3. The van der Waals surface area contributed by atoms with Gasteiger partial charge in [0.1, 0.15) is 0 Å². The number of halogens is 1. The number of hydrogen-bond acceptors (Lipinski definition) is 5. The van der Waals surface area contributed by atoms with E-state index >= 15 is 0 Å². The topological polar surface area (TPSA) is 80.8 Å². The van der Waals surface area contributed by atoms with Crippen molar-refractivity contribution in [2.75, 3.05) is 4.90 Å². The highest BCUT2D eigenvalue weighted by molar-refractivity contribution is 9.10. The number of anilines is 1. The van der Waals surface area contributed by atoms with Gasteiger partial charge in [-0.05, 0) is 36.8 Å². The number of rotatable bonds is 2. The molecular weight excluding hydrogens is 498 g/mol. The number of carbonyl (C=O) groups excluding carboxylic acids is 4. The monoisotopic (exact) mass is 515 g/mol. The van der Waals surface area contributed by atoms with E-state index in [1.54, 1.807) is 60.7 Å². The summed E-state index contributed by atoms with van der Waals surface area (Å²) in [5.74, 6) is -4.43. The van der Waals surface area contributed by atoms with Crippen molar-refractivity contribution in [2.24, 2.45) is 11.8 Å². The van der Waals surface area contributed by atoms with Crippen LogP contribution in [0.1, 0.15) is 37.9 Å². The van der Waals surface area contributed by atoms with Crippen LogP contribution in [0.4, 0.5) is 5.69 Å². The summed E-state index contributed by atoms with van der Waals surface area (Å²) in [6.07, 6.45) is -0.924. The van der Waals surface area contributed by atoms with Gasteiger partial charge in [0, 0.05) is 15.6 Å². The van der Waals surface area contributed by atoms with Crippen molar-refractivity contribution in [3.8, 4) is 0 Å². The maximum absolute atomic E-state index is 13.8. The second kappa shape index (κ2) is 7.29. The van der Waals surface area contributed by atoms with Crippen LogP contribution in [0.2, 0.25) is 0 Å². The van der Waals surface area contributed by atoms with E-state index < -0.39 is 46.9 Å². The zero-order chi connectivity index (χ0) is 23.8. The molecule has 0 radical (unpaired) electrons. The largest absolute Gasteiger partial charge is 0.349 e. The lowest BCUT2D eigenvalue weighted by Crippen LogP contribution is -2.51. The minimum atomic E-state index is -2.06. The Bertz CT molecular complexity index is 1360. The van der Waals surface area contributed by atoms with Crippen molar-refractivity contribution < 1.29 is 23.9 Å². The number of Topliss-reactive ketones (excluding diaryl/α,β-unsaturated/α-hetero) is 2. The molecule has 6 nitrogen and oxygen atoms in total. The maximum atomic E-state index is 13.8. The van der Waals surface area contributed by atoms with Gasteiger partial charge < -0.3 is 4.74 Å². The van der Waals surface area contributed by atoms with E-state index in [0.29, 0.717) is 11.3 Å². The molecule has 34 heavy (non-hydrogen) atoms. The molecule has 3 aliphatic rings. The van der Waals surface area contributed by atoms with Gasteiger partial charge >= 0.3 is 0 Å². The Morgan fingerprint density at radius 2 is 1.38 bits per heavy atom. The lowest BCUT2D eigenvalue weighted by atomic mass is 9.77. The molecule has 3 aromatic carbocycles. The van der Waals surface area contributed by atoms with E-state index in [0.717, 1.165) is 14.9 Å². The first kappa shape index (κ1) is 21.1. The number of nitrogens with zero attached hydrogens (tertiary/aromatic N) is 1. The Hall–Kier alpha value is -3.42. The molecule has 0 N–H and O–H groups in total. The molecular formula is C27H18BrNO5. The number of aryl methyl sites for hydroxylation is 1. The van der Waals surface area contributed by atoms with Crippen molar-refractivity contribution in [1.82, 2.24) is 0 Å². The van der Waals surface area contributed by atoms with E-state index in [2.05, 4.69) is 15.9 Å². The zero-order valence-corrected chi connectivity index (χ0v) is 19.6. The van der Waals surface area contributed by atoms with Gasteiger partial charge in [0.25, 0.3) is 0 Å². The highest BCUT2D eigenvalue weighted by Gasteiger charge is 2.74. The molecule has 2 fully saturated rings. The van der Waals surface area contributed by atoms with Crippen LogP contribution in [0.15, 0.2) is 77.3 Å². The molecule has 168 valence electrons. The maximum Gasteiger partial charge on any atom is 0.241 e. The summed E-state index contributed by atoms with van der Waals surface area (Å²) in [4.78, 5) is 56.1. The number of ether oxygens (including phenoxy) is 1. The average molecular weight is 516 g/mol. The summed E-state index contributed by atoms with van der Waals surface area (Å²) in [5, 5.41) is 0. The summed E-state index contributed by atoms with van der Waals surface area (Å²) in [7, 11) is 0. The van der Waals surface area contributed by atoms with Crippen LogP contribution in [0, 0.1) is 18.8 Å². The van der Waals surface area contributed by atoms with Crippen LogP contribution < -0.4 is 4.90 Å². The zero-order valence-electron chi connectivity index (χ0n) is 18.0. The van der Waals surface area contributed by atoms with Crippen LogP contribution in [-0.2, 0) is 14.3 Å². The molecule has 0 unspecified atom stereocenters. The Morgan fingerprint density at radius 1 is 0.794 bits per heavy atom. The van der Waals surface area contributed by atoms with Gasteiger partial charge in [-0.15, -0.1) is 0 Å². The van der Waals surface area contributed by atoms with E-state index in [-0.39, 0.29) is 11.1 Å². The standard InChI is InChI=1S/C27H18BrNO5/c1-14-6-12-17(13-7-14)29-25(32)20-21(26(29)33)27(34-22(20)15-8-10-16(28)11-9-15)23(30)18-4-2-3-5-19(18)24(27)31/h2-13,20-22H,1H3/t20-,21+,22+/m0/s1. The van der Waals surface area contributed by atoms with E-state index in [1.165, 1.54) is 0 Å². The van der Waals surface area contributed by atoms with Gasteiger partial charge in [-0.25, -0.2) is 4.90 Å². The number of amides is 2. The smallest absolute Gasteiger partial charge is 0.241 e. The molecule has 7 heteroatoms. The van der Waals surface area contributed by atoms with Crippen molar-refractivity contribution >= 4 is 45.0 Å². The second-order valence-corrected chi connectivity index (χ2v) is 9.80. The summed E-state index contributed by atoms with van der Waals surface area (Å²) >= 11 is 3.40. The van der Waals surface area contributed by atoms with Gasteiger partial charge in [0.15, 0.2) is 0 Å². The van der Waals surface area contributed by atoms with E-state index in [1.807, 2.05) is 19.1 Å². The van der Waals surface area contributed by atoms with E-state index in [9.17, 15) is 19.2 Å². The first-order chi connectivity index (χ1) is 16.3. The Morgan fingerprint density at radius 3 is 1.97 bits per heavy atom. The van der Waals surface area contributed by atoms with Crippen molar-refractivity contribution in [2.45, 2.75) is 18.6 Å². The van der Waals surface area contributed by atoms with Crippen LogP contribution in [0.25, 0.3) is 0 Å². The summed E-state index contributed by atoms with van der Waals surface area (Å²) in [6, 6.07) is 20.6. The summed E-state index contributed by atoms with van der Waals surface area (Å²) in [6.45, 7) is 1.91. The second-order valence-electron chi connectivity index (χ2n) is 8.88. The third kappa shape index (κ3) is 2.65.